The average Bonchev–Trinajstić information content (AvgIpc) is 2.17. The Hall–Kier alpha value is -0.600. The smallest absolute Gasteiger partial charge is 0.124 e. The van der Waals surface area contributed by atoms with Crippen molar-refractivity contribution in [3.8, 4) is 0 Å². The quantitative estimate of drug-likeness (QED) is 0.755. The topological polar surface area (TPSA) is 12.0 Å². The van der Waals surface area contributed by atoms with E-state index < -0.39 is 0 Å². The second-order valence-electron chi connectivity index (χ2n) is 3.70. The highest BCUT2D eigenvalue weighted by molar-refractivity contribution is 6.31. The van der Waals surface area contributed by atoms with Gasteiger partial charge in [0.2, 0.25) is 0 Å². The predicted octanol–water partition coefficient (Wildman–Crippen LogP) is 3.93. The van der Waals surface area contributed by atoms with E-state index in [1.165, 1.54) is 12.1 Å². The Balaban J connectivity index is 2.61. The summed E-state index contributed by atoms with van der Waals surface area (Å²) in [4.78, 5) is 0. The minimum atomic E-state index is -0.287. The number of hydrogen-bond donors (Lipinski definition) is 1. The molecule has 0 spiro atoms. The number of benzene rings is 1. The van der Waals surface area contributed by atoms with Crippen LogP contribution in [0.25, 0.3) is 0 Å². The Morgan fingerprint density at radius 2 is 2.20 bits per heavy atom. The van der Waals surface area contributed by atoms with Crippen molar-refractivity contribution < 1.29 is 4.39 Å². The van der Waals surface area contributed by atoms with Crippen LogP contribution in [-0.2, 0) is 0 Å². The predicted molar refractivity (Wildman–Crippen MR) is 62.7 cm³/mol. The lowest BCUT2D eigenvalue weighted by Gasteiger charge is -2.15. The molecule has 1 N–H and O–H groups in total. The minimum absolute atomic E-state index is 0.171. The van der Waals surface area contributed by atoms with E-state index in [1.54, 1.807) is 6.07 Å². The maximum absolute atomic E-state index is 12.8. The van der Waals surface area contributed by atoms with Gasteiger partial charge >= 0.3 is 0 Å². The molecule has 0 fully saturated rings. The molecule has 0 aliphatic rings. The zero-order valence-electron chi connectivity index (χ0n) is 9.19. The molecular formula is C12H17ClFN. The van der Waals surface area contributed by atoms with Crippen molar-refractivity contribution in [2.24, 2.45) is 0 Å². The Morgan fingerprint density at radius 3 is 2.80 bits per heavy atom. The molecule has 0 heterocycles. The molecule has 3 heteroatoms. The highest BCUT2D eigenvalue weighted by Gasteiger charge is 2.09. The summed E-state index contributed by atoms with van der Waals surface area (Å²) in [6.45, 7) is 5.15. The monoisotopic (exact) mass is 229 g/mol. The summed E-state index contributed by atoms with van der Waals surface area (Å²) in [7, 11) is 0. The van der Waals surface area contributed by atoms with Gasteiger partial charge in [-0.1, -0.05) is 31.0 Å². The Bertz CT molecular complexity index is 314. The molecule has 0 saturated heterocycles. The maximum Gasteiger partial charge on any atom is 0.124 e. The van der Waals surface area contributed by atoms with Crippen molar-refractivity contribution >= 4 is 11.6 Å². The van der Waals surface area contributed by atoms with Gasteiger partial charge in [-0.2, -0.15) is 0 Å². The lowest BCUT2D eigenvalue weighted by atomic mass is 10.1. The summed E-state index contributed by atoms with van der Waals surface area (Å²) in [6, 6.07) is 4.71. The van der Waals surface area contributed by atoms with Gasteiger partial charge < -0.3 is 5.32 Å². The van der Waals surface area contributed by atoms with Crippen LogP contribution in [0.5, 0.6) is 0 Å². The van der Waals surface area contributed by atoms with E-state index in [1.807, 2.05) is 6.92 Å². The van der Waals surface area contributed by atoms with E-state index in [0.29, 0.717) is 5.02 Å². The summed E-state index contributed by atoms with van der Waals surface area (Å²) in [5.41, 5.74) is 0.953. The second kappa shape index (κ2) is 6.09. The molecule has 0 aliphatic heterocycles. The van der Waals surface area contributed by atoms with E-state index in [0.717, 1.165) is 24.9 Å². The van der Waals surface area contributed by atoms with Crippen LogP contribution < -0.4 is 5.32 Å². The van der Waals surface area contributed by atoms with Crippen LogP contribution in [0.3, 0.4) is 0 Å². The third kappa shape index (κ3) is 3.80. The lowest BCUT2D eigenvalue weighted by molar-refractivity contribution is 0.552. The van der Waals surface area contributed by atoms with Crippen molar-refractivity contribution in [2.45, 2.75) is 32.7 Å². The molecule has 0 unspecified atom stereocenters. The van der Waals surface area contributed by atoms with E-state index in [4.69, 9.17) is 11.6 Å². The zero-order chi connectivity index (χ0) is 11.3. The van der Waals surface area contributed by atoms with Gasteiger partial charge in [0.05, 0.1) is 0 Å². The molecule has 1 nitrogen and oxygen atoms in total. The molecule has 0 amide bonds. The number of halogens is 2. The van der Waals surface area contributed by atoms with Crippen LogP contribution in [0.15, 0.2) is 18.2 Å². The van der Waals surface area contributed by atoms with Gasteiger partial charge in [0.1, 0.15) is 5.82 Å². The van der Waals surface area contributed by atoms with Gasteiger partial charge in [-0.05, 0) is 37.6 Å². The third-order valence-corrected chi connectivity index (χ3v) is 2.74. The van der Waals surface area contributed by atoms with Gasteiger partial charge in [-0.3, -0.25) is 0 Å². The van der Waals surface area contributed by atoms with Crippen molar-refractivity contribution in [1.29, 1.82) is 0 Å². The first kappa shape index (κ1) is 12.5. The summed E-state index contributed by atoms with van der Waals surface area (Å²) in [6.07, 6.45) is 2.31. The van der Waals surface area contributed by atoms with Crippen LogP contribution in [0.2, 0.25) is 5.02 Å². The van der Waals surface area contributed by atoms with E-state index in [2.05, 4.69) is 12.2 Å². The Morgan fingerprint density at radius 1 is 1.47 bits per heavy atom. The molecule has 0 bridgehead atoms. The van der Waals surface area contributed by atoms with Gasteiger partial charge in [-0.15, -0.1) is 0 Å². The van der Waals surface area contributed by atoms with Gasteiger partial charge in [-0.25, -0.2) is 4.39 Å². The van der Waals surface area contributed by atoms with E-state index in [-0.39, 0.29) is 11.9 Å². The van der Waals surface area contributed by atoms with Crippen LogP contribution >= 0.6 is 11.6 Å². The first-order valence-electron chi connectivity index (χ1n) is 5.33. The second-order valence-corrected chi connectivity index (χ2v) is 4.10. The summed E-state index contributed by atoms with van der Waals surface area (Å²) < 4.78 is 12.8. The highest BCUT2D eigenvalue weighted by Crippen LogP contribution is 2.23. The minimum Gasteiger partial charge on any atom is -0.310 e. The zero-order valence-corrected chi connectivity index (χ0v) is 9.94. The summed E-state index contributed by atoms with van der Waals surface area (Å²) in [5.74, 6) is -0.287. The maximum atomic E-state index is 12.8. The van der Waals surface area contributed by atoms with Crippen molar-refractivity contribution in [2.75, 3.05) is 6.54 Å². The van der Waals surface area contributed by atoms with E-state index >= 15 is 0 Å². The van der Waals surface area contributed by atoms with Gasteiger partial charge in [0.25, 0.3) is 0 Å². The highest BCUT2D eigenvalue weighted by atomic mass is 35.5. The average molecular weight is 230 g/mol. The van der Waals surface area contributed by atoms with Crippen molar-refractivity contribution in [3.05, 3.63) is 34.6 Å². The van der Waals surface area contributed by atoms with E-state index in [9.17, 15) is 4.39 Å². The lowest BCUT2D eigenvalue weighted by Crippen LogP contribution is -2.20. The Kier molecular flexibility index (Phi) is 5.06. The normalized spacial score (nSPS) is 12.8. The number of nitrogens with one attached hydrogen (secondary N) is 1. The molecule has 0 radical (unpaired) electrons. The fraction of sp³-hybridized carbons (Fsp3) is 0.500. The fourth-order valence-electron chi connectivity index (χ4n) is 1.46. The number of rotatable bonds is 5. The first-order chi connectivity index (χ1) is 7.15. The molecule has 0 aliphatic carbocycles. The molecule has 1 aromatic carbocycles. The van der Waals surface area contributed by atoms with Crippen LogP contribution in [-0.4, -0.2) is 6.54 Å². The molecule has 0 aromatic heterocycles. The molecule has 1 atom stereocenters. The Labute approximate surface area is 95.6 Å². The van der Waals surface area contributed by atoms with Crippen LogP contribution in [0, 0.1) is 5.82 Å². The number of unbranched alkanes of at least 4 members (excludes halogenated alkanes) is 1. The largest absolute Gasteiger partial charge is 0.310 e. The van der Waals surface area contributed by atoms with Crippen LogP contribution in [0.1, 0.15) is 38.3 Å². The molecule has 1 aromatic rings. The SMILES string of the molecule is CCCCN[C@@H](C)c1ccc(F)cc1Cl. The molecule has 15 heavy (non-hydrogen) atoms. The summed E-state index contributed by atoms with van der Waals surface area (Å²) in [5, 5.41) is 3.85. The van der Waals surface area contributed by atoms with Crippen molar-refractivity contribution in [3.63, 3.8) is 0 Å². The molecule has 0 saturated carbocycles. The fourth-order valence-corrected chi connectivity index (χ4v) is 1.79. The van der Waals surface area contributed by atoms with Gasteiger partial charge in [0.15, 0.2) is 0 Å². The number of hydrogen-bond acceptors (Lipinski definition) is 1. The van der Waals surface area contributed by atoms with Crippen molar-refractivity contribution in [1.82, 2.24) is 5.32 Å². The molecular weight excluding hydrogens is 213 g/mol. The first-order valence-corrected chi connectivity index (χ1v) is 5.71. The third-order valence-electron chi connectivity index (χ3n) is 2.41. The van der Waals surface area contributed by atoms with Crippen LogP contribution in [0.4, 0.5) is 4.39 Å². The summed E-state index contributed by atoms with van der Waals surface area (Å²) >= 11 is 5.96. The standard InChI is InChI=1S/C12H17ClFN/c1-3-4-7-15-9(2)11-6-5-10(14)8-12(11)13/h5-6,8-9,15H,3-4,7H2,1-2H3/t9-/m0/s1. The molecule has 84 valence electrons. The molecule has 1 rings (SSSR count). The van der Waals surface area contributed by atoms with Gasteiger partial charge in [0, 0.05) is 11.1 Å².